The van der Waals surface area contributed by atoms with E-state index in [1.54, 1.807) is 11.8 Å². The Morgan fingerprint density at radius 2 is 1.90 bits per heavy atom. The Bertz CT molecular complexity index is 659. The standard InChI is InChI=1S/C17H16N2OS/c1-2-21-16-6-4-3-5-15(16)17(20)19-14-9-7-13(8-10-14)11-12-18/h3-10H,2,11H2,1H3,(H,19,20). The molecule has 21 heavy (non-hydrogen) atoms. The van der Waals surface area contributed by atoms with Gasteiger partial charge in [0.05, 0.1) is 18.1 Å². The van der Waals surface area contributed by atoms with Gasteiger partial charge in [0.15, 0.2) is 0 Å². The minimum atomic E-state index is -0.111. The molecule has 3 nitrogen and oxygen atoms in total. The largest absolute Gasteiger partial charge is 0.322 e. The number of nitrogens with zero attached hydrogens (tertiary/aromatic N) is 1. The van der Waals surface area contributed by atoms with E-state index in [0.29, 0.717) is 12.0 Å². The molecule has 0 saturated heterocycles. The molecule has 0 fully saturated rings. The SMILES string of the molecule is CCSc1ccccc1C(=O)Nc1ccc(CC#N)cc1. The summed E-state index contributed by atoms with van der Waals surface area (Å²) in [5, 5.41) is 11.5. The number of nitriles is 1. The molecule has 0 spiro atoms. The van der Waals surface area contributed by atoms with Crippen LogP contribution in [0.5, 0.6) is 0 Å². The van der Waals surface area contributed by atoms with E-state index < -0.39 is 0 Å². The van der Waals surface area contributed by atoms with Crippen molar-refractivity contribution in [3.05, 3.63) is 59.7 Å². The Morgan fingerprint density at radius 3 is 2.57 bits per heavy atom. The van der Waals surface area contributed by atoms with Gasteiger partial charge in [0, 0.05) is 10.6 Å². The summed E-state index contributed by atoms with van der Waals surface area (Å²) in [7, 11) is 0. The number of thioether (sulfide) groups is 1. The quantitative estimate of drug-likeness (QED) is 0.844. The molecule has 0 aliphatic heterocycles. The van der Waals surface area contributed by atoms with Crippen LogP contribution in [0.25, 0.3) is 0 Å². The van der Waals surface area contributed by atoms with Gasteiger partial charge in [-0.25, -0.2) is 0 Å². The van der Waals surface area contributed by atoms with Crippen LogP contribution in [0.15, 0.2) is 53.4 Å². The maximum absolute atomic E-state index is 12.3. The monoisotopic (exact) mass is 296 g/mol. The van der Waals surface area contributed by atoms with Gasteiger partial charge in [-0.3, -0.25) is 4.79 Å². The molecule has 0 radical (unpaired) electrons. The summed E-state index contributed by atoms with van der Waals surface area (Å²) in [5.74, 6) is 0.812. The second-order valence-corrected chi connectivity index (χ2v) is 5.72. The molecule has 0 bridgehead atoms. The number of hydrogen-bond acceptors (Lipinski definition) is 3. The van der Waals surface area contributed by atoms with Gasteiger partial charge in [-0.05, 0) is 35.6 Å². The highest BCUT2D eigenvalue weighted by Crippen LogP contribution is 2.23. The predicted molar refractivity (Wildman–Crippen MR) is 86.6 cm³/mol. The van der Waals surface area contributed by atoms with E-state index >= 15 is 0 Å². The summed E-state index contributed by atoms with van der Waals surface area (Å²) in [4.78, 5) is 13.3. The van der Waals surface area contributed by atoms with Gasteiger partial charge in [-0.1, -0.05) is 31.2 Å². The number of amides is 1. The third-order valence-corrected chi connectivity index (χ3v) is 3.88. The van der Waals surface area contributed by atoms with Gasteiger partial charge in [-0.2, -0.15) is 5.26 Å². The van der Waals surface area contributed by atoms with Crippen molar-refractivity contribution in [2.24, 2.45) is 0 Å². The molecule has 1 amide bonds. The first kappa shape index (κ1) is 15.1. The van der Waals surface area contributed by atoms with Gasteiger partial charge in [0.2, 0.25) is 0 Å². The van der Waals surface area contributed by atoms with Gasteiger partial charge in [0.25, 0.3) is 5.91 Å². The zero-order valence-corrected chi connectivity index (χ0v) is 12.6. The average Bonchev–Trinajstić information content (AvgIpc) is 2.50. The molecule has 2 rings (SSSR count). The first-order valence-electron chi connectivity index (χ1n) is 6.73. The lowest BCUT2D eigenvalue weighted by atomic mass is 10.1. The number of anilines is 1. The molecule has 2 aromatic carbocycles. The summed E-state index contributed by atoms with van der Waals surface area (Å²) in [6.07, 6.45) is 0.379. The van der Waals surface area contributed by atoms with E-state index in [1.165, 1.54) is 0 Å². The van der Waals surface area contributed by atoms with Crippen LogP contribution >= 0.6 is 11.8 Å². The molecule has 0 unspecified atom stereocenters. The van der Waals surface area contributed by atoms with Crippen molar-refractivity contribution in [1.82, 2.24) is 0 Å². The van der Waals surface area contributed by atoms with Crippen LogP contribution < -0.4 is 5.32 Å². The summed E-state index contributed by atoms with van der Waals surface area (Å²) in [6.45, 7) is 2.06. The lowest BCUT2D eigenvalue weighted by molar-refractivity contribution is 0.102. The molecular weight excluding hydrogens is 280 g/mol. The summed E-state index contributed by atoms with van der Waals surface area (Å²) in [5.41, 5.74) is 2.36. The van der Waals surface area contributed by atoms with E-state index in [0.717, 1.165) is 21.9 Å². The molecule has 0 saturated carbocycles. The van der Waals surface area contributed by atoms with Crippen molar-refractivity contribution in [3.8, 4) is 6.07 Å². The van der Waals surface area contributed by atoms with Crippen LogP contribution in [0.1, 0.15) is 22.8 Å². The number of carbonyl (C=O) groups is 1. The summed E-state index contributed by atoms with van der Waals surface area (Å²) < 4.78 is 0. The number of benzene rings is 2. The summed E-state index contributed by atoms with van der Waals surface area (Å²) in [6, 6.07) is 17.0. The third kappa shape index (κ3) is 4.11. The molecule has 1 N–H and O–H groups in total. The molecule has 4 heteroatoms. The van der Waals surface area contributed by atoms with Crippen molar-refractivity contribution in [3.63, 3.8) is 0 Å². The number of hydrogen-bond donors (Lipinski definition) is 1. The van der Waals surface area contributed by atoms with Crippen LogP contribution in [0.2, 0.25) is 0 Å². The zero-order chi connectivity index (χ0) is 15.1. The second kappa shape index (κ2) is 7.51. The van der Waals surface area contributed by atoms with Crippen LogP contribution in [0, 0.1) is 11.3 Å². The maximum atomic E-state index is 12.3. The molecule has 0 heterocycles. The number of rotatable bonds is 5. The zero-order valence-electron chi connectivity index (χ0n) is 11.8. The Labute approximate surface area is 129 Å². The molecule has 0 aliphatic rings. The lowest BCUT2D eigenvalue weighted by Crippen LogP contribution is -2.13. The van der Waals surface area contributed by atoms with Crippen molar-refractivity contribution in [2.45, 2.75) is 18.2 Å². The molecule has 0 atom stereocenters. The second-order valence-electron chi connectivity index (χ2n) is 4.42. The normalized spacial score (nSPS) is 9.90. The van der Waals surface area contributed by atoms with Gasteiger partial charge in [-0.15, -0.1) is 11.8 Å². The average molecular weight is 296 g/mol. The topological polar surface area (TPSA) is 52.9 Å². The van der Waals surface area contributed by atoms with Gasteiger partial charge < -0.3 is 5.32 Å². The maximum Gasteiger partial charge on any atom is 0.256 e. The van der Waals surface area contributed by atoms with Gasteiger partial charge >= 0.3 is 0 Å². The minimum Gasteiger partial charge on any atom is -0.322 e. The molecule has 2 aromatic rings. The van der Waals surface area contributed by atoms with Crippen molar-refractivity contribution in [2.75, 3.05) is 11.1 Å². The van der Waals surface area contributed by atoms with E-state index in [1.807, 2.05) is 48.5 Å². The van der Waals surface area contributed by atoms with Crippen LogP contribution in [0.3, 0.4) is 0 Å². The van der Waals surface area contributed by atoms with Crippen LogP contribution in [-0.2, 0) is 6.42 Å². The number of carbonyl (C=O) groups excluding carboxylic acids is 1. The van der Waals surface area contributed by atoms with E-state index in [2.05, 4.69) is 18.3 Å². The van der Waals surface area contributed by atoms with Crippen molar-refractivity contribution in [1.29, 1.82) is 5.26 Å². The Morgan fingerprint density at radius 1 is 1.19 bits per heavy atom. The van der Waals surface area contributed by atoms with E-state index in [4.69, 9.17) is 5.26 Å². The number of nitrogens with one attached hydrogen (secondary N) is 1. The molecule has 0 aromatic heterocycles. The lowest BCUT2D eigenvalue weighted by Gasteiger charge is -2.09. The first-order valence-corrected chi connectivity index (χ1v) is 7.72. The van der Waals surface area contributed by atoms with Crippen LogP contribution in [-0.4, -0.2) is 11.7 Å². The van der Waals surface area contributed by atoms with Crippen LogP contribution in [0.4, 0.5) is 5.69 Å². The highest BCUT2D eigenvalue weighted by atomic mass is 32.2. The molecular formula is C17H16N2OS. The minimum absolute atomic E-state index is 0.111. The highest BCUT2D eigenvalue weighted by molar-refractivity contribution is 7.99. The van der Waals surface area contributed by atoms with Gasteiger partial charge in [0.1, 0.15) is 0 Å². The highest BCUT2D eigenvalue weighted by Gasteiger charge is 2.11. The molecule has 0 aliphatic carbocycles. The predicted octanol–water partition coefficient (Wildman–Crippen LogP) is 4.12. The summed E-state index contributed by atoms with van der Waals surface area (Å²) >= 11 is 1.65. The molecule has 106 valence electrons. The fourth-order valence-corrected chi connectivity index (χ4v) is 2.73. The Balaban J connectivity index is 2.13. The van der Waals surface area contributed by atoms with Crippen molar-refractivity contribution >= 4 is 23.4 Å². The third-order valence-electron chi connectivity index (χ3n) is 2.93. The van der Waals surface area contributed by atoms with Crippen molar-refractivity contribution < 1.29 is 4.79 Å². The smallest absolute Gasteiger partial charge is 0.256 e. The Kier molecular flexibility index (Phi) is 5.42. The van der Waals surface area contributed by atoms with E-state index in [-0.39, 0.29) is 5.91 Å². The fraction of sp³-hybridized carbons (Fsp3) is 0.176. The Hall–Kier alpha value is -2.25. The van der Waals surface area contributed by atoms with E-state index in [9.17, 15) is 4.79 Å². The fourth-order valence-electron chi connectivity index (χ4n) is 1.93. The first-order chi connectivity index (χ1) is 10.2.